The van der Waals surface area contributed by atoms with Crippen molar-refractivity contribution in [2.75, 3.05) is 19.7 Å². The quantitative estimate of drug-likeness (QED) is 0.763. The SMILES string of the molecule is CCn1ncc(CN2CCC3(CC2)CC(Cc2ccc(C)cc2)CCO3)c1C. The number of benzene rings is 1. The summed E-state index contributed by atoms with van der Waals surface area (Å²) in [6.07, 6.45) is 8.01. The van der Waals surface area contributed by atoms with E-state index in [4.69, 9.17) is 4.74 Å². The minimum absolute atomic E-state index is 0.118. The fourth-order valence-corrected chi connectivity index (χ4v) is 5.03. The normalized spacial score (nSPS) is 22.6. The molecule has 1 spiro atoms. The van der Waals surface area contributed by atoms with E-state index in [0.29, 0.717) is 0 Å². The Hall–Kier alpha value is -1.65. The van der Waals surface area contributed by atoms with E-state index in [2.05, 4.69) is 65.9 Å². The molecule has 4 heteroatoms. The Morgan fingerprint density at radius 3 is 2.57 bits per heavy atom. The second-order valence-electron chi connectivity index (χ2n) is 8.93. The highest BCUT2D eigenvalue weighted by molar-refractivity contribution is 5.22. The highest BCUT2D eigenvalue weighted by Crippen LogP contribution is 2.39. The van der Waals surface area contributed by atoms with E-state index in [-0.39, 0.29) is 5.60 Å². The third-order valence-corrected chi connectivity index (χ3v) is 6.91. The summed E-state index contributed by atoms with van der Waals surface area (Å²) in [5.74, 6) is 0.757. The second kappa shape index (κ2) is 8.38. The first-order chi connectivity index (χ1) is 13.6. The van der Waals surface area contributed by atoms with Crippen molar-refractivity contribution in [2.45, 2.75) is 71.6 Å². The van der Waals surface area contributed by atoms with Crippen LogP contribution >= 0.6 is 0 Å². The molecule has 1 atom stereocenters. The van der Waals surface area contributed by atoms with Gasteiger partial charge in [-0.15, -0.1) is 0 Å². The molecular formula is C24H35N3O. The maximum atomic E-state index is 6.39. The average molecular weight is 382 g/mol. The van der Waals surface area contributed by atoms with Gasteiger partial charge in [0.1, 0.15) is 0 Å². The highest BCUT2D eigenvalue weighted by atomic mass is 16.5. The lowest BCUT2D eigenvalue weighted by molar-refractivity contribution is -0.127. The zero-order valence-electron chi connectivity index (χ0n) is 17.8. The summed E-state index contributed by atoms with van der Waals surface area (Å²) in [7, 11) is 0. The van der Waals surface area contributed by atoms with Crippen LogP contribution in [-0.2, 0) is 24.2 Å². The van der Waals surface area contributed by atoms with Gasteiger partial charge in [-0.25, -0.2) is 0 Å². The fourth-order valence-electron chi connectivity index (χ4n) is 5.03. The van der Waals surface area contributed by atoms with Crippen LogP contribution in [0.5, 0.6) is 0 Å². The number of hydrogen-bond acceptors (Lipinski definition) is 3. The molecule has 2 aliphatic rings. The molecule has 1 aromatic carbocycles. The van der Waals surface area contributed by atoms with Crippen LogP contribution in [0.15, 0.2) is 30.5 Å². The second-order valence-corrected chi connectivity index (χ2v) is 8.93. The fraction of sp³-hybridized carbons (Fsp3) is 0.625. The van der Waals surface area contributed by atoms with E-state index in [0.717, 1.165) is 38.7 Å². The predicted molar refractivity (Wildman–Crippen MR) is 113 cm³/mol. The molecule has 4 nitrogen and oxygen atoms in total. The number of piperidine rings is 1. The molecule has 1 aromatic heterocycles. The van der Waals surface area contributed by atoms with Crippen LogP contribution in [0.3, 0.4) is 0 Å². The first-order valence-corrected chi connectivity index (χ1v) is 11.0. The third-order valence-electron chi connectivity index (χ3n) is 6.91. The Labute approximate surface area is 169 Å². The van der Waals surface area contributed by atoms with Crippen LogP contribution in [-0.4, -0.2) is 40.0 Å². The van der Waals surface area contributed by atoms with Gasteiger partial charge >= 0.3 is 0 Å². The van der Waals surface area contributed by atoms with E-state index >= 15 is 0 Å². The predicted octanol–water partition coefficient (Wildman–Crippen LogP) is 4.52. The molecule has 0 bridgehead atoms. The summed E-state index contributed by atoms with van der Waals surface area (Å²) in [5, 5.41) is 4.50. The Kier molecular flexibility index (Phi) is 5.88. The van der Waals surface area contributed by atoms with Gasteiger partial charge in [-0.1, -0.05) is 29.8 Å². The first kappa shape index (κ1) is 19.7. The van der Waals surface area contributed by atoms with Gasteiger partial charge in [-0.2, -0.15) is 5.10 Å². The minimum Gasteiger partial charge on any atom is -0.375 e. The molecule has 28 heavy (non-hydrogen) atoms. The molecule has 2 fully saturated rings. The van der Waals surface area contributed by atoms with Gasteiger partial charge in [-0.05, 0) is 64.4 Å². The molecular weight excluding hydrogens is 346 g/mol. The van der Waals surface area contributed by atoms with Crippen LogP contribution in [0.2, 0.25) is 0 Å². The molecule has 4 rings (SSSR count). The number of ether oxygens (including phenoxy) is 1. The number of rotatable bonds is 5. The van der Waals surface area contributed by atoms with Gasteiger partial charge in [0.05, 0.1) is 11.8 Å². The smallest absolute Gasteiger partial charge is 0.0709 e. The van der Waals surface area contributed by atoms with E-state index in [1.807, 2.05) is 0 Å². The minimum atomic E-state index is 0.118. The molecule has 2 saturated heterocycles. The van der Waals surface area contributed by atoms with Crippen molar-refractivity contribution in [3.8, 4) is 0 Å². The number of aromatic nitrogens is 2. The summed E-state index contributed by atoms with van der Waals surface area (Å²) in [6, 6.07) is 9.09. The molecule has 1 unspecified atom stereocenters. The first-order valence-electron chi connectivity index (χ1n) is 11.0. The number of nitrogens with zero attached hydrogens (tertiary/aromatic N) is 3. The summed E-state index contributed by atoms with van der Waals surface area (Å²) >= 11 is 0. The zero-order valence-corrected chi connectivity index (χ0v) is 17.8. The average Bonchev–Trinajstić information content (AvgIpc) is 3.05. The summed E-state index contributed by atoms with van der Waals surface area (Å²) < 4.78 is 8.49. The zero-order chi connectivity index (χ0) is 19.6. The van der Waals surface area contributed by atoms with Crippen LogP contribution < -0.4 is 0 Å². The lowest BCUT2D eigenvalue weighted by Crippen LogP contribution is -2.49. The van der Waals surface area contributed by atoms with E-state index in [1.165, 1.54) is 54.5 Å². The molecule has 2 aromatic rings. The van der Waals surface area contributed by atoms with E-state index in [9.17, 15) is 0 Å². The van der Waals surface area contributed by atoms with Crippen molar-refractivity contribution >= 4 is 0 Å². The van der Waals surface area contributed by atoms with Gasteiger partial charge in [0, 0.05) is 44.0 Å². The number of aryl methyl sites for hydroxylation is 2. The Balaban J connectivity index is 1.32. The van der Waals surface area contributed by atoms with Crippen molar-refractivity contribution in [3.63, 3.8) is 0 Å². The Morgan fingerprint density at radius 2 is 1.89 bits per heavy atom. The van der Waals surface area contributed by atoms with Gasteiger partial charge in [0.25, 0.3) is 0 Å². The van der Waals surface area contributed by atoms with Crippen molar-refractivity contribution in [1.29, 1.82) is 0 Å². The Bertz CT molecular complexity index is 772. The molecule has 3 heterocycles. The van der Waals surface area contributed by atoms with Crippen molar-refractivity contribution in [2.24, 2.45) is 5.92 Å². The van der Waals surface area contributed by atoms with Crippen LogP contribution in [0.1, 0.15) is 55.0 Å². The molecule has 0 aliphatic carbocycles. The highest BCUT2D eigenvalue weighted by Gasteiger charge is 2.40. The van der Waals surface area contributed by atoms with Crippen LogP contribution in [0, 0.1) is 19.8 Å². The molecule has 2 aliphatic heterocycles. The van der Waals surface area contributed by atoms with E-state index < -0.39 is 0 Å². The molecule has 0 N–H and O–H groups in total. The molecule has 0 radical (unpaired) electrons. The summed E-state index contributed by atoms with van der Waals surface area (Å²) in [5.41, 5.74) is 5.63. The number of likely N-dealkylation sites (tertiary alicyclic amines) is 1. The van der Waals surface area contributed by atoms with Gasteiger partial charge < -0.3 is 4.74 Å². The van der Waals surface area contributed by atoms with Crippen LogP contribution in [0.4, 0.5) is 0 Å². The van der Waals surface area contributed by atoms with E-state index in [1.54, 1.807) is 0 Å². The summed E-state index contributed by atoms with van der Waals surface area (Å²) in [4.78, 5) is 2.59. The number of hydrogen-bond donors (Lipinski definition) is 0. The monoisotopic (exact) mass is 381 g/mol. The summed E-state index contributed by atoms with van der Waals surface area (Å²) in [6.45, 7) is 11.7. The lowest BCUT2D eigenvalue weighted by Gasteiger charge is -2.46. The molecule has 0 amide bonds. The lowest BCUT2D eigenvalue weighted by atomic mass is 9.77. The maximum Gasteiger partial charge on any atom is 0.0709 e. The van der Waals surface area contributed by atoms with Crippen molar-refractivity contribution < 1.29 is 4.74 Å². The van der Waals surface area contributed by atoms with Crippen molar-refractivity contribution in [1.82, 2.24) is 14.7 Å². The van der Waals surface area contributed by atoms with Gasteiger partial charge in [0.2, 0.25) is 0 Å². The maximum absolute atomic E-state index is 6.39. The van der Waals surface area contributed by atoms with Gasteiger partial charge in [-0.3, -0.25) is 9.58 Å². The van der Waals surface area contributed by atoms with Gasteiger partial charge in [0.15, 0.2) is 0 Å². The molecule has 152 valence electrons. The Morgan fingerprint density at radius 1 is 1.14 bits per heavy atom. The standard InChI is InChI=1S/C24H35N3O/c1-4-27-20(3)23(17-25-27)18-26-12-10-24(11-13-26)16-22(9-14-28-24)15-21-7-5-19(2)6-8-21/h5-8,17,22H,4,9-16,18H2,1-3H3. The largest absolute Gasteiger partial charge is 0.375 e. The third kappa shape index (κ3) is 4.33. The van der Waals surface area contributed by atoms with Crippen molar-refractivity contribution in [3.05, 3.63) is 52.8 Å². The topological polar surface area (TPSA) is 30.3 Å². The van der Waals surface area contributed by atoms with Crippen LogP contribution in [0.25, 0.3) is 0 Å². The molecule has 0 saturated carbocycles.